The zero-order valence-electron chi connectivity index (χ0n) is 15.4. The van der Waals surface area contributed by atoms with Gasteiger partial charge >= 0.3 is 5.63 Å². The maximum absolute atomic E-state index is 11.9. The van der Waals surface area contributed by atoms with Crippen LogP contribution in [0.15, 0.2) is 48.9 Å². The van der Waals surface area contributed by atoms with Crippen LogP contribution < -0.4 is 15.7 Å². The number of thioether (sulfide) groups is 1. The monoisotopic (exact) mass is 413 g/mol. The van der Waals surface area contributed by atoms with Crippen molar-refractivity contribution in [1.82, 2.24) is 5.32 Å². The van der Waals surface area contributed by atoms with Crippen molar-refractivity contribution in [2.45, 2.75) is 13.8 Å². The normalized spacial score (nSPS) is 15.3. The minimum absolute atomic E-state index is 0.110. The Kier molecular flexibility index (Phi) is 4.67. The van der Waals surface area contributed by atoms with Gasteiger partial charge in [0.1, 0.15) is 23.7 Å². The number of hydrogen-bond donors (Lipinski definition) is 2. The first-order valence-electron chi connectivity index (χ1n) is 8.57. The predicted octanol–water partition coefficient (Wildman–Crippen LogP) is 3.62. The maximum atomic E-state index is 11.9. The second-order valence-electron chi connectivity index (χ2n) is 6.35. The Morgan fingerprint density at radius 1 is 1.14 bits per heavy atom. The SMILES string of the molecule is Cc1c(-c2cc3cc(OCC=C4SC(=O)NC4=O)ccc3o2)oc(=O)c(C)c1O. The summed E-state index contributed by atoms with van der Waals surface area (Å²) in [4.78, 5) is 34.8. The zero-order chi connectivity index (χ0) is 20.7. The Balaban J connectivity index is 1.59. The fourth-order valence-electron chi connectivity index (χ4n) is 2.86. The fourth-order valence-corrected chi connectivity index (χ4v) is 3.50. The van der Waals surface area contributed by atoms with Crippen LogP contribution in [0.5, 0.6) is 11.5 Å². The first-order chi connectivity index (χ1) is 13.8. The summed E-state index contributed by atoms with van der Waals surface area (Å²) < 4.78 is 16.7. The number of hydrogen-bond acceptors (Lipinski definition) is 8. The summed E-state index contributed by atoms with van der Waals surface area (Å²) in [6, 6.07) is 6.80. The molecule has 0 spiro atoms. The quantitative estimate of drug-likeness (QED) is 0.623. The molecule has 0 atom stereocenters. The Hall–Kier alpha value is -3.46. The summed E-state index contributed by atoms with van der Waals surface area (Å²) >= 11 is 0.827. The van der Waals surface area contributed by atoms with E-state index < -0.39 is 16.8 Å². The van der Waals surface area contributed by atoms with E-state index in [1.54, 1.807) is 31.2 Å². The molecule has 2 N–H and O–H groups in total. The molecule has 148 valence electrons. The number of amides is 2. The number of aromatic hydroxyl groups is 1. The molecule has 1 aromatic carbocycles. The third kappa shape index (κ3) is 3.52. The average molecular weight is 413 g/mol. The Morgan fingerprint density at radius 3 is 2.66 bits per heavy atom. The van der Waals surface area contributed by atoms with Crippen molar-refractivity contribution in [2.75, 3.05) is 6.61 Å². The molecule has 29 heavy (non-hydrogen) atoms. The molecule has 0 bridgehead atoms. The number of carbonyl (C=O) groups is 2. The average Bonchev–Trinajstić information content (AvgIpc) is 3.25. The summed E-state index contributed by atoms with van der Waals surface area (Å²) in [5.41, 5.74) is 0.464. The van der Waals surface area contributed by atoms with Gasteiger partial charge in [-0.25, -0.2) is 4.79 Å². The molecule has 1 aliphatic rings. The third-order valence-corrected chi connectivity index (χ3v) is 5.28. The van der Waals surface area contributed by atoms with E-state index in [2.05, 4.69) is 5.32 Å². The first-order valence-corrected chi connectivity index (χ1v) is 9.38. The van der Waals surface area contributed by atoms with Crippen molar-refractivity contribution in [2.24, 2.45) is 0 Å². The lowest BCUT2D eigenvalue weighted by molar-refractivity contribution is -0.115. The predicted molar refractivity (Wildman–Crippen MR) is 106 cm³/mol. The molecule has 1 saturated heterocycles. The Labute approximate surface area is 168 Å². The molecule has 1 aliphatic heterocycles. The maximum Gasteiger partial charge on any atom is 0.343 e. The van der Waals surface area contributed by atoms with Gasteiger partial charge in [0.2, 0.25) is 0 Å². The minimum Gasteiger partial charge on any atom is -0.507 e. The van der Waals surface area contributed by atoms with Gasteiger partial charge in [-0.15, -0.1) is 0 Å². The molecule has 8 nitrogen and oxygen atoms in total. The number of fused-ring (bicyclic) bond motifs is 1. The van der Waals surface area contributed by atoms with E-state index in [1.165, 1.54) is 13.0 Å². The molecular formula is C20H15NO7S. The Morgan fingerprint density at radius 2 is 1.93 bits per heavy atom. The number of benzene rings is 1. The molecule has 0 unspecified atom stereocenters. The molecule has 2 aromatic heterocycles. The van der Waals surface area contributed by atoms with E-state index in [9.17, 15) is 19.5 Å². The summed E-state index contributed by atoms with van der Waals surface area (Å²) in [6.45, 7) is 3.23. The first kappa shape index (κ1) is 18.9. The highest BCUT2D eigenvalue weighted by atomic mass is 32.2. The van der Waals surface area contributed by atoms with Gasteiger partial charge in [-0.1, -0.05) is 0 Å². The molecule has 0 aliphatic carbocycles. The number of nitrogens with one attached hydrogen (secondary N) is 1. The van der Waals surface area contributed by atoms with Crippen LogP contribution in [-0.2, 0) is 4.79 Å². The highest BCUT2D eigenvalue weighted by Gasteiger charge is 2.24. The van der Waals surface area contributed by atoms with Crippen molar-refractivity contribution in [1.29, 1.82) is 0 Å². The van der Waals surface area contributed by atoms with Crippen LogP contribution in [0.3, 0.4) is 0 Å². The van der Waals surface area contributed by atoms with Crippen molar-refractivity contribution >= 4 is 33.9 Å². The fraction of sp³-hybridized carbons (Fsp3) is 0.150. The van der Waals surface area contributed by atoms with E-state index in [1.807, 2.05) is 0 Å². The summed E-state index contributed by atoms with van der Waals surface area (Å²) in [6.07, 6.45) is 1.53. The molecule has 3 aromatic rings. The molecule has 3 heterocycles. The Bertz CT molecular complexity index is 1250. The summed E-state index contributed by atoms with van der Waals surface area (Å²) in [5.74, 6) is 0.441. The molecule has 4 rings (SSSR count). The van der Waals surface area contributed by atoms with E-state index in [-0.39, 0.29) is 23.7 Å². The standard InChI is InChI=1S/C20H15NO7S/c1-9-16(22)10(2)19(24)28-17(9)14-8-11-7-12(3-4-13(11)27-14)26-6-5-15-18(23)21-20(25)29-15/h3-5,7-8,22H,6H2,1-2H3,(H,21,23,25). The molecule has 2 amide bonds. The second kappa shape index (κ2) is 7.17. The van der Waals surface area contributed by atoms with Gasteiger partial charge in [0.05, 0.1) is 10.5 Å². The van der Waals surface area contributed by atoms with Crippen LogP contribution in [0.4, 0.5) is 4.79 Å². The molecule has 1 fully saturated rings. The van der Waals surface area contributed by atoms with Crippen LogP contribution in [0.1, 0.15) is 11.1 Å². The summed E-state index contributed by atoms with van der Waals surface area (Å²) in [7, 11) is 0. The summed E-state index contributed by atoms with van der Waals surface area (Å²) in [5, 5.41) is 12.6. The van der Waals surface area contributed by atoms with Gasteiger partial charge in [-0.2, -0.15) is 0 Å². The highest BCUT2D eigenvalue weighted by molar-refractivity contribution is 8.18. The lowest BCUT2D eigenvalue weighted by Gasteiger charge is -2.05. The van der Waals surface area contributed by atoms with Crippen molar-refractivity contribution in [3.05, 3.63) is 56.8 Å². The van der Waals surface area contributed by atoms with Crippen molar-refractivity contribution in [3.8, 4) is 23.0 Å². The van der Waals surface area contributed by atoms with Crippen LogP contribution in [-0.4, -0.2) is 22.9 Å². The van der Waals surface area contributed by atoms with Gasteiger partial charge < -0.3 is 18.7 Å². The molecule has 9 heteroatoms. The van der Waals surface area contributed by atoms with E-state index in [0.29, 0.717) is 32.9 Å². The smallest absolute Gasteiger partial charge is 0.343 e. The van der Waals surface area contributed by atoms with Crippen LogP contribution in [0.2, 0.25) is 0 Å². The van der Waals surface area contributed by atoms with Gasteiger partial charge in [0.15, 0.2) is 11.5 Å². The van der Waals surface area contributed by atoms with Crippen LogP contribution in [0.25, 0.3) is 22.5 Å². The third-order valence-electron chi connectivity index (χ3n) is 4.42. The van der Waals surface area contributed by atoms with E-state index in [4.69, 9.17) is 13.6 Å². The minimum atomic E-state index is -0.632. The second-order valence-corrected chi connectivity index (χ2v) is 7.37. The van der Waals surface area contributed by atoms with E-state index >= 15 is 0 Å². The highest BCUT2D eigenvalue weighted by Crippen LogP contribution is 2.34. The lowest BCUT2D eigenvalue weighted by atomic mass is 10.1. The van der Waals surface area contributed by atoms with Gasteiger partial charge in [-0.05, 0) is 56.0 Å². The van der Waals surface area contributed by atoms with Crippen molar-refractivity contribution in [3.63, 3.8) is 0 Å². The molecule has 0 radical (unpaired) electrons. The van der Waals surface area contributed by atoms with Gasteiger partial charge in [0, 0.05) is 10.9 Å². The zero-order valence-corrected chi connectivity index (χ0v) is 16.2. The lowest BCUT2D eigenvalue weighted by Crippen LogP contribution is -2.18. The van der Waals surface area contributed by atoms with E-state index in [0.717, 1.165) is 11.8 Å². The topological polar surface area (TPSA) is 119 Å². The largest absolute Gasteiger partial charge is 0.507 e. The van der Waals surface area contributed by atoms with Crippen LogP contribution >= 0.6 is 11.8 Å². The van der Waals surface area contributed by atoms with Crippen molar-refractivity contribution < 1.29 is 28.3 Å². The number of furan rings is 1. The van der Waals surface area contributed by atoms with Gasteiger partial charge in [-0.3, -0.25) is 14.9 Å². The van der Waals surface area contributed by atoms with Crippen LogP contribution in [0, 0.1) is 13.8 Å². The number of imide groups is 1. The van der Waals surface area contributed by atoms with Gasteiger partial charge in [0.25, 0.3) is 11.1 Å². The molecule has 0 saturated carbocycles. The number of rotatable bonds is 4. The number of ether oxygens (including phenoxy) is 1. The number of carbonyl (C=O) groups excluding carboxylic acids is 2. The molecular weight excluding hydrogens is 398 g/mol.